The van der Waals surface area contributed by atoms with Gasteiger partial charge in [0.15, 0.2) is 0 Å². The minimum atomic E-state index is 0.397. The zero-order chi connectivity index (χ0) is 15.2. The van der Waals surface area contributed by atoms with Gasteiger partial charge in [-0.05, 0) is 45.4 Å². The van der Waals surface area contributed by atoms with Gasteiger partial charge < -0.3 is 10.2 Å². The van der Waals surface area contributed by atoms with E-state index in [1.165, 1.54) is 11.3 Å². The molecule has 0 atom stereocenters. The van der Waals surface area contributed by atoms with E-state index < -0.39 is 0 Å². The van der Waals surface area contributed by atoms with Crippen molar-refractivity contribution in [1.82, 2.24) is 9.78 Å². The second-order valence-electron chi connectivity index (χ2n) is 5.50. The van der Waals surface area contributed by atoms with Crippen LogP contribution in [0, 0.1) is 0 Å². The second kappa shape index (κ2) is 7.16. The molecule has 0 saturated carbocycles. The van der Waals surface area contributed by atoms with E-state index in [2.05, 4.69) is 73.5 Å². The van der Waals surface area contributed by atoms with Gasteiger partial charge in [0.25, 0.3) is 0 Å². The number of anilines is 2. The van der Waals surface area contributed by atoms with Crippen LogP contribution in [0.4, 0.5) is 11.4 Å². The van der Waals surface area contributed by atoms with Gasteiger partial charge in [-0.25, -0.2) is 0 Å². The Hall–Kier alpha value is -1.97. The molecule has 0 fully saturated rings. The van der Waals surface area contributed by atoms with E-state index in [0.29, 0.717) is 6.04 Å². The summed E-state index contributed by atoms with van der Waals surface area (Å²) in [5, 5.41) is 7.75. The standard InChI is InChI=1S/C17H26N4/c1-5-20(6-2)17-9-7-15(8-10-17)11-18-16-12-19-21(13-16)14(3)4/h7-10,12-14,18H,5-6,11H2,1-4H3. The molecule has 0 aliphatic carbocycles. The zero-order valence-corrected chi connectivity index (χ0v) is 13.5. The van der Waals surface area contributed by atoms with Crippen molar-refractivity contribution in [3.63, 3.8) is 0 Å². The largest absolute Gasteiger partial charge is 0.378 e. The Morgan fingerprint density at radius 1 is 1.14 bits per heavy atom. The predicted molar refractivity (Wildman–Crippen MR) is 89.9 cm³/mol. The Kier molecular flexibility index (Phi) is 5.26. The summed E-state index contributed by atoms with van der Waals surface area (Å²) in [6, 6.07) is 9.17. The van der Waals surface area contributed by atoms with Crippen molar-refractivity contribution in [3.05, 3.63) is 42.2 Å². The van der Waals surface area contributed by atoms with Crippen LogP contribution in [-0.2, 0) is 6.54 Å². The highest BCUT2D eigenvalue weighted by molar-refractivity contribution is 5.48. The Bertz CT molecular complexity index is 538. The number of nitrogens with zero attached hydrogens (tertiary/aromatic N) is 3. The lowest BCUT2D eigenvalue weighted by atomic mass is 10.2. The molecule has 4 heteroatoms. The molecule has 0 spiro atoms. The molecule has 1 aromatic heterocycles. The molecule has 0 aliphatic heterocycles. The quantitative estimate of drug-likeness (QED) is 0.837. The molecule has 2 aromatic rings. The van der Waals surface area contributed by atoms with Crippen molar-refractivity contribution in [2.24, 2.45) is 0 Å². The van der Waals surface area contributed by atoms with E-state index in [9.17, 15) is 0 Å². The van der Waals surface area contributed by atoms with Gasteiger partial charge in [0, 0.05) is 37.6 Å². The molecule has 0 aliphatic rings. The summed E-state index contributed by atoms with van der Waals surface area (Å²) in [5.41, 5.74) is 3.64. The van der Waals surface area contributed by atoms with Crippen molar-refractivity contribution in [2.45, 2.75) is 40.3 Å². The fourth-order valence-electron chi connectivity index (χ4n) is 2.33. The topological polar surface area (TPSA) is 33.1 Å². The van der Waals surface area contributed by atoms with E-state index in [1.807, 2.05) is 10.9 Å². The first-order valence-corrected chi connectivity index (χ1v) is 7.76. The SMILES string of the molecule is CCN(CC)c1ccc(CNc2cnn(C(C)C)c2)cc1. The van der Waals surface area contributed by atoms with Gasteiger partial charge in [0.05, 0.1) is 11.9 Å². The molecule has 4 nitrogen and oxygen atoms in total. The zero-order valence-electron chi connectivity index (χ0n) is 13.5. The molecule has 0 saturated heterocycles. The average molecular weight is 286 g/mol. The first kappa shape index (κ1) is 15.4. The smallest absolute Gasteiger partial charge is 0.0729 e. The number of nitrogens with one attached hydrogen (secondary N) is 1. The maximum atomic E-state index is 4.33. The highest BCUT2D eigenvalue weighted by atomic mass is 15.3. The predicted octanol–water partition coefficient (Wildman–Crippen LogP) is 3.92. The minimum Gasteiger partial charge on any atom is -0.378 e. The molecule has 21 heavy (non-hydrogen) atoms. The molecular formula is C17H26N4. The van der Waals surface area contributed by atoms with Gasteiger partial charge in [0.1, 0.15) is 0 Å². The summed E-state index contributed by atoms with van der Waals surface area (Å²) in [7, 11) is 0. The van der Waals surface area contributed by atoms with Crippen LogP contribution in [0.2, 0.25) is 0 Å². The van der Waals surface area contributed by atoms with Gasteiger partial charge >= 0.3 is 0 Å². The Morgan fingerprint density at radius 3 is 2.33 bits per heavy atom. The summed E-state index contributed by atoms with van der Waals surface area (Å²) in [4.78, 5) is 2.35. The lowest BCUT2D eigenvalue weighted by Gasteiger charge is -2.21. The lowest BCUT2D eigenvalue weighted by Crippen LogP contribution is -2.21. The monoisotopic (exact) mass is 286 g/mol. The molecule has 1 heterocycles. The van der Waals surface area contributed by atoms with E-state index in [0.717, 1.165) is 25.3 Å². The number of rotatable bonds is 7. The van der Waals surface area contributed by atoms with Gasteiger partial charge in [-0.2, -0.15) is 5.10 Å². The molecule has 0 amide bonds. The highest BCUT2D eigenvalue weighted by Gasteiger charge is 2.03. The summed E-state index contributed by atoms with van der Waals surface area (Å²) in [5.74, 6) is 0. The summed E-state index contributed by atoms with van der Waals surface area (Å²) in [6.45, 7) is 11.5. The maximum Gasteiger partial charge on any atom is 0.0729 e. The van der Waals surface area contributed by atoms with Crippen LogP contribution in [0.15, 0.2) is 36.7 Å². The Morgan fingerprint density at radius 2 is 1.81 bits per heavy atom. The molecule has 114 valence electrons. The van der Waals surface area contributed by atoms with Crippen molar-refractivity contribution in [2.75, 3.05) is 23.3 Å². The third-order valence-electron chi connectivity index (χ3n) is 3.69. The fourth-order valence-corrected chi connectivity index (χ4v) is 2.33. The van der Waals surface area contributed by atoms with Gasteiger partial charge in [-0.1, -0.05) is 12.1 Å². The molecular weight excluding hydrogens is 260 g/mol. The maximum absolute atomic E-state index is 4.33. The molecule has 0 unspecified atom stereocenters. The Labute approximate surface area is 127 Å². The van der Waals surface area contributed by atoms with E-state index in [4.69, 9.17) is 0 Å². The Balaban J connectivity index is 1.94. The number of hydrogen-bond donors (Lipinski definition) is 1. The number of benzene rings is 1. The van der Waals surface area contributed by atoms with Crippen LogP contribution in [0.25, 0.3) is 0 Å². The first-order valence-electron chi connectivity index (χ1n) is 7.76. The lowest BCUT2D eigenvalue weighted by molar-refractivity contribution is 0.532. The number of aromatic nitrogens is 2. The van der Waals surface area contributed by atoms with Crippen LogP contribution in [0.5, 0.6) is 0 Å². The van der Waals surface area contributed by atoms with Crippen LogP contribution >= 0.6 is 0 Å². The van der Waals surface area contributed by atoms with E-state index >= 15 is 0 Å². The van der Waals surface area contributed by atoms with E-state index in [1.54, 1.807) is 0 Å². The van der Waals surface area contributed by atoms with Crippen LogP contribution in [-0.4, -0.2) is 22.9 Å². The normalized spacial score (nSPS) is 10.9. The highest BCUT2D eigenvalue weighted by Crippen LogP contribution is 2.16. The van der Waals surface area contributed by atoms with Crippen molar-refractivity contribution >= 4 is 11.4 Å². The summed E-state index contributed by atoms with van der Waals surface area (Å²) < 4.78 is 1.96. The molecule has 0 bridgehead atoms. The molecule has 1 N–H and O–H groups in total. The molecule has 2 rings (SSSR count). The van der Waals surface area contributed by atoms with Gasteiger partial charge in [-0.15, -0.1) is 0 Å². The average Bonchev–Trinajstić information content (AvgIpc) is 2.97. The van der Waals surface area contributed by atoms with Crippen LogP contribution < -0.4 is 10.2 Å². The summed E-state index contributed by atoms with van der Waals surface area (Å²) in [6.07, 6.45) is 3.93. The third kappa shape index (κ3) is 4.00. The number of hydrogen-bond acceptors (Lipinski definition) is 3. The van der Waals surface area contributed by atoms with E-state index in [-0.39, 0.29) is 0 Å². The summed E-state index contributed by atoms with van der Waals surface area (Å²) >= 11 is 0. The fraction of sp³-hybridized carbons (Fsp3) is 0.471. The van der Waals surface area contributed by atoms with Gasteiger partial charge in [-0.3, -0.25) is 4.68 Å². The van der Waals surface area contributed by atoms with Crippen molar-refractivity contribution in [3.8, 4) is 0 Å². The second-order valence-corrected chi connectivity index (χ2v) is 5.50. The molecule has 1 aromatic carbocycles. The molecule has 0 radical (unpaired) electrons. The van der Waals surface area contributed by atoms with Crippen molar-refractivity contribution in [1.29, 1.82) is 0 Å². The van der Waals surface area contributed by atoms with Gasteiger partial charge in [0.2, 0.25) is 0 Å². The minimum absolute atomic E-state index is 0.397. The first-order chi connectivity index (χ1) is 10.1. The van der Waals surface area contributed by atoms with Crippen LogP contribution in [0.1, 0.15) is 39.3 Å². The van der Waals surface area contributed by atoms with Crippen LogP contribution in [0.3, 0.4) is 0 Å². The van der Waals surface area contributed by atoms with Crippen molar-refractivity contribution < 1.29 is 0 Å². The third-order valence-corrected chi connectivity index (χ3v) is 3.69.